The molecule has 0 saturated carbocycles. The first-order chi connectivity index (χ1) is 25.9. The molecule has 0 aliphatic heterocycles. The van der Waals surface area contributed by atoms with Crippen LogP contribution in [0.4, 0.5) is 28.7 Å². The number of H-pyrrole nitrogens is 1. The third-order valence-electron chi connectivity index (χ3n) is 8.27. The lowest BCUT2D eigenvalue weighted by atomic mass is 10.0. The number of anilines is 5. The Bertz CT molecular complexity index is 2770. The molecule has 0 amide bonds. The fraction of sp³-hybridized carbons (Fsp3) is 0. The van der Waals surface area contributed by atoms with Gasteiger partial charge in [-0.25, -0.2) is 29.9 Å². The van der Waals surface area contributed by atoms with E-state index in [1.807, 2.05) is 85.1 Å². The van der Waals surface area contributed by atoms with E-state index in [1.165, 1.54) is 6.33 Å². The summed E-state index contributed by atoms with van der Waals surface area (Å²) >= 11 is 18.1. The quantitative estimate of drug-likeness (QED) is 0.120. The predicted molar refractivity (Wildman–Crippen MR) is 214 cm³/mol. The van der Waals surface area contributed by atoms with Gasteiger partial charge in [-0.3, -0.25) is 5.10 Å². The van der Waals surface area contributed by atoms with Crippen molar-refractivity contribution in [2.75, 3.05) is 16.4 Å². The first-order valence-corrected chi connectivity index (χ1v) is 17.3. The zero-order chi connectivity index (χ0) is 36.3. The van der Waals surface area contributed by atoms with Crippen molar-refractivity contribution in [1.29, 1.82) is 0 Å². The summed E-state index contributed by atoms with van der Waals surface area (Å²) in [6.45, 7) is 0. The smallest absolute Gasteiger partial charge is 0.155 e. The monoisotopic (exact) mass is 753 g/mol. The van der Waals surface area contributed by atoms with Gasteiger partial charge in [-0.2, -0.15) is 5.10 Å². The Morgan fingerprint density at radius 3 is 1.66 bits per heavy atom. The van der Waals surface area contributed by atoms with Crippen LogP contribution in [0.5, 0.6) is 0 Å². The maximum atomic E-state index is 6.09. The molecule has 0 saturated heterocycles. The molecule has 11 nitrogen and oxygen atoms in total. The Balaban J connectivity index is 0.000000151. The number of halogens is 3. The van der Waals surface area contributed by atoms with Gasteiger partial charge in [0.15, 0.2) is 10.8 Å². The van der Waals surface area contributed by atoms with Crippen LogP contribution in [0, 0.1) is 0 Å². The van der Waals surface area contributed by atoms with Gasteiger partial charge in [0.2, 0.25) is 0 Å². The highest BCUT2D eigenvalue weighted by molar-refractivity contribution is 6.32. The number of hydrogen-bond donors (Lipinski definition) is 4. The molecule has 4 aromatic carbocycles. The van der Waals surface area contributed by atoms with Gasteiger partial charge in [0.05, 0.1) is 22.9 Å². The predicted octanol–water partition coefficient (Wildman–Crippen LogP) is 10.3. The molecule has 9 aromatic rings. The van der Waals surface area contributed by atoms with E-state index in [9.17, 15) is 0 Å². The lowest BCUT2D eigenvalue weighted by Crippen LogP contribution is -1.96. The summed E-state index contributed by atoms with van der Waals surface area (Å²) in [4.78, 5) is 26.0. The second kappa shape index (κ2) is 14.7. The van der Waals surface area contributed by atoms with E-state index in [-0.39, 0.29) is 0 Å². The molecule has 0 atom stereocenters. The number of nitrogens with one attached hydrogen (secondary N) is 3. The third kappa shape index (κ3) is 7.49. The average molecular weight is 755 g/mol. The van der Waals surface area contributed by atoms with Crippen LogP contribution >= 0.6 is 34.8 Å². The van der Waals surface area contributed by atoms with Gasteiger partial charge in [-0.05, 0) is 83.9 Å². The van der Waals surface area contributed by atoms with E-state index >= 15 is 0 Å². The Kier molecular flexibility index (Phi) is 9.34. The molecule has 0 aliphatic carbocycles. The van der Waals surface area contributed by atoms with E-state index in [1.54, 1.807) is 24.8 Å². The van der Waals surface area contributed by atoms with E-state index in [0.29, 0.717) is 26.7 Å². The zero-order valence-corrected chi connectivity index (χ0v) is 29.7. The fourth-order valence-electron chi connectivity index (χ4n) is 5.69. The normalized spacial score (nSPS) is 11.0. The summed E-state index contributed by atoms with van der Waals surface area (Å²) in [5.41, 5.74) is 14.3. The molecule has 258 valence electrons. The SMILES string of the molecule is Clc1cccc(Nc2ncnc3ccc(-c4cnc5[nH]ncc5c4)cc23)c1.Nc1cc(-c2ccc3ncnc(Nc4cccc(Cl)c4)c3c2)cnc1Cl. The molecule has 14 heteroatoms. The van der Waals surface area contributed by atoms with Gasteiger partial charge < -0.3 is 16.4 Å². The highest BCUT2D eigenvalue weighted by Gasteiger charge is 2.10. The van der Waals surface area contributed by atoms with Gasteiger partial charge in [0.25, 0.3) is 0 Å². The Morgan fingerprint density at radius 2 is 1.09 bits per heavy atom. The van der Waals surface area contributed by atoms with Crippen molar-refractivity contribution in [3.8, 4) is 22.3 Å². The van der Waals surface area contributed by atoms with Crippen LogP contribution in [0.1, 0.15) is 0 Å². The second-order valence-electron chi connectivity index (χ2n) is 11.8. The number of rotatable bonds is 6. The molecule has 0 spiro atoms. The number of nitrogens with two attached hydrogens (primary N) is 1. The summed E-state index contributed by atoms with van der Waals surface area (Å²) in [7, 11) is 0. The number of fused-ring (bicyclic) bond motifs is 3. The second-order valence-corrected chi connectivity index (χ2v) is 13.0. The molecule has 53 heavy (non-hydrogen) atoms. The van der Waals surface area contributed by atoms with Crippen LogP contribution in [-0.4, -0.2) is 40.1 Å². The maximum absolute atomic E-state index is 6.09. The van der Waals surface area contributed by atoms with Crippen LogP contribution in [0.2, 0.25) is 15.2 Å². The first kappa shape index (κ1) is 33.7. The van der Waals surface area contributed by atoms with Gasteiger partial charge >= 0.3 is 0 Å². The van der Waals surface area contributed by atoms with E-state index in [0.717, 1.165) is 72.3 Å². The summed E-state index contributed by atoms with van der Waals surface area (Å²) in [5, 5.41) is 17.9. The van der Waals surface area contributed by atoms with Crippen LogP contribution < -0.4 is 16.4 Å². The number of nitrogen functional groups attached to an aromatic ring is 1. The molecule has 0 radical (unpaired) electrons. The maximum Gasteiger partial charge on any atom is 0.155 e. The molecule has 0 unspecified atom stereocenters. The Morgan fingerprint density at radius 1 is 0.528 bits per heavy atom. The van der Waals surface area contributed by atoms with E-state index in [2.05, 4.69) is 62.9 Å². The van der Waals surface area contributed by atoms with E-state index < -0.39 is 0 Å². The standard InChI is InChI=1S/C20H13ClN6.C19H13Cl2N5/c21-15-2-1-3-16(8-15)26-20-17-7-12(4-5-18(17)23-11-24-20)13-6-14-10-25-27-19(14)22-9-13;20-13-2-1-3-14(8-13)26-19-15-6-11(4-5-17(15)24-10-25-19)12-7-16(22)18(21)23-9-12/h1-11H,(H,22,25,27)(H,23,24,26);1-10H,22H2,(H,24,25,26). The van der Waals surface area contributed by atoms with Crippen molar-refractivity contribution in [2.24, 2.45) is 0 Å². The number of nitrogens with zero attached hydrogens (tertiary/aromatic N) is 7. The number of aromatic amines is 1. The molecular weight excluding hydrogens is 729 g/mol. The minimum atomic E-state index is 0.293. The number of aromatic nitrogens is 8. The van der Waals surface area contributed by atoms with Gasteiger partial charge in [0.1, 0.15) is 24.3 Å². The van der Waals surface area contributed by atoms with Crippen LogP contribution in [0.25, 0.3) is 55.1 Å². The van der Waals surface area contributed by atoms with Crippen molar-refractivity contribution >= 4 is 96.3 Å². The number of benzene rings is 4. The minimum Gasteiger partial charge on any atom is -0.396 e. The zero-order valence-electron chi connectivity index (χ0n) is 27.5. The Hall–Kier alpha value is -6.40. The Labute approximate surface area is 317 Å². The van der Waals surface area contributed by atoms with E-state index in [4.69, 9.17) is 40.5 Å². The van der Waals surface area contributed by atoms with Crippen molar-refractivity contribution < 1.29 is 0 Å². The molecule has 5 N–H and O–H groups in total. The van der Waals surface area contributed by atoms with Crippen molar-refractivity contribution in [3.05, 3.63) is 144 Å². The lowest BCUT2D eigenvalue weighted by Gasteiger charge is -2.10. The fourth-order valence-corrected chi connectivity index (χ4v) is 6.18. The first-order valence-electron chi connectivity index (χ1n) is 16.1. The highest BCUT2D eigenvalue weighted by Crippen LogP contribution is 2.32. The van der Waals surface area contributed by atoms with Gasteiger partial charge in [0, 0.05) is 61.1 Å². The molecule has 5 aromatic heterocycles. The van der Waals surface area contributed by atoms with Crippen LogP contribution in [0.3, 0.4) is 0 Å². The van der Waals surface area contributed by atoms with Crippen molar-refractivity contribution in [1.82, 2.24) is 40.1 Å². The van der Waals surface area contributed by atoms with Crippen molar-refractivity contribution in [2.45, 2.75) is 0 Å². The molecule has 9 rings (SSSR count). The van der Waals surface area contributed by atoms with Gasteiger partial charge in [-0.15, -0.1) is 0 Å². The van der Waals surface area contributed by atoms with Crippen LogP contribution in [-0.2, 0) is 0 Å². The minimum absolute atomic E-state index is 0.293. The lowest BCUT2D eigenvalue weighted by molar-refractivity contribution is 1.10. The summed E-state index contributed by atoms with van der Waals surface area (Å²) < 4.78 is 0. The summed E-state index contributed by atoms with van der Waals surface area (Å²) in [6.07, 6.45) is 8.36. The number of pyridine rings is 2. The molecule has 0 aliphatic rings. The summed E-state index contributed by atoms with van der Waals surface area (Å²) in [6, 6.07) is 30.8. The third-order valence-corrected chi connectivity index (χ3v) is 9.06. The topological polar surface area (TPSA) is 156 Å². The number of hydrogen-bond acceptors (Lipinski definition) is 10. The summed E-state index contributed by atoms with van der Waals surface area (Å²) in [5.74, 6) is 1.41. The van der Waals surface area contributed by atoms with Crippen LogP contribution in [0.15, 0.2) is 128 Å². The molecule has 0 bridgehead atoms. The highest BCUT2D eigenvalue weighted by atomic mass is 35.5. The van der Waals surface area contributed by atoms with Gasteiger partial charge in [-0.1, -0.05) is 59.1 Å². The largest absolute Gasteiger partial charge is 0.396 e. The molecule has 5 heterocycles. The van der Waals surface area contributed by atoms with Crippen molar-refractivity contribution in [3.63, 3.8) is 0 Å². The average Bonchev–Trinajstić information content (AvgIpc) is 3.65. The molecular formula is C39H26Cl3N11. The molecule has 0 fully saturated rings.